The van der Waals surface area contributed by atoms with Gasteiger partial charge in [-0.25, -0.2) is 0 Å². The summed E-state index contributed by atoms with van der Waals surface area (Å²) >= 11 is 0. The van der Waals surface area contributed by atoms with Gasteiger partial charge in [-0.2, -0.15) is 0 Å². The number of likely N-dealkylation sites (tertiary alicyclic amines) is 1. The monoisotopic (exact) mass is 408 g/mol. The molecule has 3 atom stereocenters. The van der Waals surface area contributed by atoms with Crippen molar-refractivity contribution < 1.29 is 0 Å². The van der Waals surface area contributed by atoms with E-state index in [2.05, 4.69) is 83.2 Å². The van der Waals surface area contributed by atoms with Crippen LogP contribution >= 0.6 is 0 Å². The van der Waals surface area contributed by atoms with Crippen LogP contribution < -0.4 is 0 Å². The lowest BCUT2D eigenvalue weighted by atomic mass is 9.73. The van der Waals surface area contributed by atoms with Gasteiger partial charge in [-0.3, -0.25) is 4.90 Å². The van der Waals surface area contributed by atoms with Crippen LogP contribution in [0, 0.1) is 22.7 Å². The van der Waals surface area contributed by atoms with Gasteiger partial charge in [-0.15, -0.1) is 0 Å². The Hall–Kier alpha value is -2.32. The van der Waals surface area contributed by atoms with Gasteiger partial charge in [0, 0.05) is 34.9 Å². The molecule has 3 aromatic rings. The second-order valence-corrected chi connectivity index (χ2v) is 10.6. The van der Waals surface area contributed by atoms with Crippen molar-refractivity contribution in [3.05, 3.63) is 72.3 Å². The predicted octanol–water partition coefficient (Wildman–Crippen LogP) is 6.55. The van der Waals surface area contributed by atoms with Gasteiger partial charge in [-0.05, 0) is 92.1 Å². The zero-order valence-corrected chi connectivity index (χ0v) is 18.6. The van der Waals surface area contributed by atoms with Crippen LogP contribution in [0.5, 0.6) is 0 Å². The molecular weight excluding hydrogens is 376 g/mol. The van der Waals surface area contributed by atoms with Gasteiger partial charge in [0.1, 0.15) is 0 Å². The van der Waals surface area contributed by atoms with E-state index in [-0.39, 0.29) is 0 Å². The molecule has 3 fully saturated rings. The standard InChI is InChI=1S/C29H32N2/c1-2-31-25-9-4-3-7-22(25)23-19-21(10-11-26(23)31)20-30-17-15-28(16-18-30)13-14-29-12-6-5-8-24(29)27(28)29/h3-12,19,24,27H,2,13-18,20H2,1H3. The SMILES string of the molecule is CCn1c2ccccc2c2cc(CN3CCC4(CC3)CCC35C=CC=CC3C45)ccc21. The van der Waals surface area contributed by atoms with Crippen LogP contribution in [0.25, 0.3) is 21.8 Å². The van der Waals surface area contributed by atoms with Crippen molar-refractivity contribution in [3.8, 4) is 0 Å². The van der Waals surface area contributed by atoms with E-state index in [0.717, 1.165) is 24.9 Å². The van der Waals surface area contributed by atoms with Gasteiger partial charge in [0.15, 0.2) is 0 Å². The summed E-state index contributed by atoms with van der Waals surface area (Å²) in [6.45, 7) is 6.89. The normalized spacial score (nSPS) is 30.9. The molecule has 7 rings (SSSR count). The highest BCUT2D eigenvalue weighted by Gasteiger charge is 2.73. The molecule has 1 aromatic heterocycles. The second kappa shape index (κ2) is 6.36. The number of aromatic nitrogens is 1. The fourth-order valence-electron chi connectivity index (χ4n) is 7.91. The Labute approximate surface area is 185 Å². The summed E-state index contributed by atoms with van der Waals surface area (Å²) in [6.07, 6.45) is 15.4. The topological polar surface area (TPSA) is 8.17 Å². The van der Waals surface area contributed by atoms with E-state index in [1.165, 1.54) is 66.1 Å². The Morgan fingerprint density at radius 2 is 1.74 bits per heavy atom. The van der Waals surface area contributed by atoms with Crippen molar-refractivity contribution in [2.75, 3.05) is 13.1 Å². The molecule has 158 valence electrons. The highest BCUT2D eigenvalue weighted by atomic mass is 15.1. The Morgan fingerprint density at radius 1 is 0.903 bits per heavy atom. The van der Waals surface area contributed by atoms with Gasteiger partial charge >= 0.3 is 0 Å². The number of aryl methyl sites for hydroxylation is 1. The van der Waals surface area contributed by atoms with Crippen molar-refractivity contribution in [3.63, 3.8) is 0 Å². The maximum atomic E-state index is 2.72. The van der Waals surface area contributed by atoms with Crippen molar-refractivity contribution in [2.24, 2.45) is 22.7 Å². The van der Waals surface area contributed by atoms with E-state index in [0.29, 0.717) is 10.8 Å². The largest absolute Gasteiger partial charge is 0.341 e. The molecule has 2 nitrogen and oxygen atoms in total. The zero-order chi connectivity index (χ0) is 20.6. The van der Waals surface area contributed by atoms with Crippen LogP contribution in [0.3, 0.4) is 0 Å². The first-order valence-corrected chi connectivity index (χ1v) is 12.3. The molecule has 4 aliphatic rings. The first-order chi connectivity index (χ1) is 15.2. The minimum absolute atomic E-state index is 0.565. The second-order valence-electron chi connectivity index (χ2n) is 10.6. The van der Waals surface area contributed by atoms with E-state index in [9.17, 15) is 0 Å². The highest BCUT2D eigenvalue weighted by molar-refractivity contribution is 6.08. The fourth-order valence-corrected chi connectivity index (χ4v) is 7.91. The predicted molar refractivity (Wildman–Crippen MR) is 129 cm³/mol. The van der Waals surface area contributed by atoms with E-state index < -0.39 is 0 Å². The quantitative estimate of drug-likeness (QED) is 0.477. The first kappa shape index (κ1) is 18.3. The summed E-state index contributed by atoms with van der Waals surface area (Å²) in [7, 11) is 0. The molecule has 2 heterocycles. The van der Waals surface area contributed by atoms with Gasteiger partial charge in [0.05, 0.1) is 0 Å². The molecule has 2 saturated carbocycles. The Balaban J connectivity index is 1.11. The maximum absolute atomic E-state index is 2.72. The number of hydrogen-bond acceptors (Lipinski definition) is 1. The van der Waals surface area contributed by atoms with E-state index in [4.69, 9.17) is 0 Å². The van der Waals surface area contributed by atoms with Gasteiger partial charge in [-0.1, -0.05) is 48.6 Å². The van der Waals surface area contributed by atoms with E-state index in [1.807, 2.05) is 0 Å². The van der Waals surface area contributed by atoms with Crippen molar-refractivity contribution >= 4 is 21.8 Å². The van der Waals surface area contributed by atoms with Gasteiger partial charge < -0.3 is 4.57 Å². The lowest BCUT2D eigenvalue weighted by molar-refractivity contribution is 0.0809. The summed E-state index contributed by atoms with van der Waals surface area (Å²) in [5.74, 6) is 1.80. The molecule has 3 unspecified atom stereocenters. The third-order valence-electron chi connectivity index (χ3n) is 9.41. The molecule has 0 amide bonds. The lowest BCUT2D eigenvalue weighted by Crippen LogP contribution is -2.40. The van der Waals surface area contributed by atoms with Crippen molar-refractivity contribution in [1.29, 1.82) is 0 Å². The number of fused-ring (bicyclic) bond motifs is 5. The molecule has 1 aliphatic heterocycles. The Kier molecular flexibility index (Phi) is 3.75. The molecule has 2 spiro atoms. The van der Waals surface area contributed by atoms with Crippen LogP contribution in [0.4, 0.5) is 0 Å². The summed E-state index contributed by atoms with van der Waals surface area (Å²) in [6, 6.07) is 16.1. The minimum atomic E-state index is 0.565. The van der Waals surface area contributed by atoms with Gasteiger partial charge in [0.2, 0.25) is 0 Å². The number of allylic oxidation sites excluding steroid dienone is 4. The number of nitrogens with zero attached hydrogens (tertiary/aromatic N) is 2. The summed E-state index contributed by atoms with van der Waals surface area (Å²) in [4.78, 5) is 2.72. The van der Waals surface area contributed by atoms with Gasteiger partial charge in [0.25, 0.3) is 0 Å². The van der Waals surface area contributed by atoms with Crippen LogP contribution in [0.2, 0.25) is 0 Å². The van der Waals surface area contributed by atoms with E-state index in [1.54, 1.807) is 0 Å². The van der Waals surface area contributed by atoms with E-state index >= 15 is 0 Å². The zero-order valence-electron chi connectivity index (χ0n) is 18.6. The van der Waals surface area contributed by atoms with Crippen LogP contribution in [0.15, 0.2) is 66.8 Å². The third kappa shape index (κ3) is 2.43. The van der Waals surface area contributed by atoms with Crippen molar-refractivity contribution in [2.45, 2.75) is 45.7 Å². The van der Waals surface area contributed by atoms with Crippen LogP contribution in [0.1, 0.15) is 38.2 Å². The molecule has 31 heavy (non-hydrogen) atoms. The molecule has 3 aliphatic carbocycles. The highest BCUT2D eigenvalue weighted by Crippen LogP contribution is 2.78. The molecule has 0 bridgehead atoms. The number of hydrogen-bond donors (Lipinski definition) is 0. The molecule has 0 radical (unpaired) electrons. The number of benzene rings is 2. The summed E-state index contributed by atoms with van der Waals surface area (Å²) in [5.41, 5.74) is 5.39. The average Bonchev–Trinajstić information content (AvgIpc) is 3.27. The molecular formula is C29H32N2. The molecule has 2 aromatic carbocycles. The summed E-state index contributed by atoms with van der Waals surface area (Å²) < 4.78 is 2.45. The molecule has 0 N–H and O–H groups in total. The maximum Gasteiger partial charge on any atom is 0.0491 e. The lowest BCUT2D eigenvalue weighted by Gasteiger charge is -2.41. The first-order valence-electron chi connectivity index (χ1n) is 12.3. The number of para-hydroxylation sites is 1. The third-order valence-corrected chi connectivity index (χ3v) is 9.41. The number of piperidine rings is 1. The summed E-state index contributed by atoms with van der Waals surface area (Å²) in [5, 5.41) is 2.81. The molecule has 2 heteroatoms. The van der Waals surface area contributed by atoms with Crippen LogP contribution in [-0.4, -0.2) is 22.6 Å². The minimum Gasteiger partial charge on any atom is -0.341 e. The molecule has 1 saturated heterocycles. The van der Waals surface area contributed by atoms with Crippen molar-refractivity contribution in [1.82, 2.24) is 9.47 Å². The fraction of sp³-hybridized carbons (Fsp3) is 0.448. The number of rotatable bonds is 3. The smallest absolute Gasteiger partial charge is 0.0491 e. The average molecular weight is 409 g/mol. The van der Waals surface area contributed by atoms with Crippen LogP contribution in [-0.2, 0) is 13.1 Å². The Bertz CT molecular complexity index is 1240. The Morgan fingerprint density at radius 3 is 2.58 bits per heavy atom.